The number of ether oxygens (including phenoxy) is 1. The van der Waals surface area contributed by atoms with Crippen molar-refractivity contribution in [1.82, 2.24) is 15.0 Å². The lowest BCUT2D eigenvalue weighted by Gasteiger charge is -2.31. The number of likely N-dealkylation sites (N-methyl/N-ethyl adjacent to an activating group) is 1. The summed E-state index contributed by atoms with van der Waals surface area (Å²) in [6, 6.07) is 7.65. The van der Waals surface area contributed by atoms with Crippen LogP contribution < -0.4 is 9.64 Å². The lowest BCUT2D eigenvalue weighted by Crippen LogP contribution is -2.44. The molecule has 4 rings (SSSR count). The maximum atomic E-state index is 12.8. The first kappa shape index (κ1) is 16.1. The molecule has 1 aliphatic heterocycles. The van der Waals surface area contributed by atoms with Crippen molar-refractivity contribution in [3.8, 4) is 5.75 Å². The second-order valence-corrected chi connectivity index (χ2v) is 6.49. The minimum atomic E-state index is 0.0588. The Hall–Kier alpha value is -2.41. The third-order valence-corrected chi connectivity index (χ3v) is 4.61. The van der Waals surface area contributed by atoms with Gasteiger partial charge in [0.15, 0.2) is 5.82 Å². The summed E-state index contributed by atoms with van der Waals surface area (Å²) in [7, 11) is 0. The monoisotopic (exact) mass is 342 g/mol. The van der Waals surface area contributed by atoms with Gasteiger partial charge < -0.3 is 14.2 Å². The van der Waals surface area contributed by atoms with Gasteiger partial charge in [0, 0.05) is 5.92 Å². The SMILES string of the molecule is CCN(CC(=O)N1CCOc2ccccc21)Cc1noc(C2CC2)n1. The van der Waals surface area contributed by atoms with Crippen molar-refractivity contribution < 1.29 is 14.1 Å². The molecule has 1 aromatic carbocycles. The van der Waals surface area contributed by atoms with E-state index in [-0.39, 0.29) is 5.91 Å². The summed E-state index contributed by atoms with van der Waals surface area (Å²) in [5.41, 5.74) is 0.838. The number of carbonyl (C=O) groups excluding carboxylic acids is 1. The molecular formula is C18H22N4O3. The molecule has 2 heterocycles. The molecule has 1 aliphatic carbocycles. The number of carbonyl (C=O) groups is 1. The Balaban J connectivity index is 1.41. The van der Waals surface area contributed by atoms with E-state index in [0.29, 0.717) is 38.0 Å². The van der Waals surface area contributed by atoms with Crippen LogP contribution in [0.25, 0.3) is 0 Å². The van der Waals surface area contributed by atoms with Crippen molar-refractivity contribution >= 4 is 11.6 Å². The van der Waals surface area contributed by atoms with E-state index in [4.69, 9.17) is 9.26 Å². The first-order chi connectivity index (χ1) is 12.2. The van der Waals surface area contributed by atoms with E-state index < -0.39 is 0 Å². The minimum Gasteiger partial charge on any atom is -0.490 e. The molecule has 7 nitrogen and oxygen atoms in total. The zero-order valence-corrected chi connectivity index (χ0v) is 14.4. The number of hydrogen-bond donors (Lipinski definition) is 0. The Morgan fingerprint density at radius 2 is 2.20 bits per heavy atom. The number of anilines is 1. The van der Waals surface area contributed by atoms with Crippen molar-refractivity contribution in [3.63, 3.8) is 0 Å². The summed E-state index contributed by atoms with van der Waals surface area (Å²) in [4.78, 5) is 21.1. The predicted octanol–water partition coefficient (Wildman–Crippen LogP) is 2.19. The second kappa shape index (κ2) is 6.84. The Labute approximate surface area is 146 Å². The maximum absolute atomic E-state index is 12.8. The average molecular weight is 342 g/mol. The fraction of sp³-hybridized carbons (Fsp3) is 0.500. The van der Waals surface area contributed by atoms with Gasteiger partial charge >= 0.3 is 0 Å². The number of hydrogen-bond acceptors (Lipinski definition) is 6. The highest BCUT2D eigenvalue weighted by Gasteiger charge is 2.30. The van der Waals surface area contributed by atoms with Crippen LogP contribution in [0, 0.1) is 0 Å². The zero-order valence-electron chi connectivity index (χ0n) is 14.4. The molecule has 0 N–H and O–H groups in total. The maximum Gasteiger partial charge on any atom is 0.241 e. The fourth-order valence-corrected chi connectivity index (χ4v) is 3.01. The quantitative estimate of drug-likeness (QED) is 0.801. The van der Waals surface area contributed by atoms with Crippen LogP contribution in [0.2, 0.25) is 0 Å². The highest BCUT2D eigenvalue weighted by Crippen LogP contribution is 2.38. The van der Waals surface area contributed by atoms with Gasteiger partial charge in [0.05, 0.1) is 25.3 Å². The molecule has 1 saturated carbocycles. The molecule has 2 aliphatic rings. The first-order valence-electron chi connectivity index (χ1n) is 8.81. The standard InChI is InChI=1S/C18H22N4O3/c1-2-21(11-16-19-18(25-20-16)13-7-8-13)12-17(23)22-9-10-24-15-6-4-3-5-14(15)22/h3-6,13H,2,7-12H2,1H3. The smallest absolute Gasteiger partial charge is 0.241 e. The van der Waals surface area contributed by atoms with Gasteiger partial charge in [0.25, 0.3) is 0 Å². The molecular weight excluding hydrogens is 320 g/mol. The summed E-state index contributed by atoms with van der Waals surface area (Å²) in [5.74, 6) is 2.65. The van der Waals surface area contributed by atoms with Crippen molar-refractivity contribution in [2.45, 2.75) is 32.2 Å². The number of rotatable bonds is 6. The van der Waals surface area contributed by atoms with Gasteiger partial charge in [-0.05, 0) is 31.5 Å². The van der Waals surface area contributed by atoms with Crippen LogP contribution in [0.4, 0.5) is 5.69 Å². The molecule has 0 bridgehead atoms. The number of amides is 1. The molecule has 1 amide bonds. The molecule has 25 heavy (non-hydrogen) atoms. The van der Waals surface area contributed by atoms with E-state index in [9.17, 15) is 4.79 Å². The van der Waals surface area contributed by atoms with Gasteiger partial charge in [0.1, 0.15) is 12.4 Å². The topological polar surface area (TPSA) is 71.7 Å². The molecule has 0 saturated heterocycles. The molecule has 0 spiro atoms. The molecule has 0 unspecified atom stereocenters. The van der Waals surface area contributed by atoms with Crippen LogP contribution in [0.3, 0.4) is 0 Å². The predicted molar refractivity (Wildman–Crippen MR) is 91.5 cm³/mol. The summed E-state index contributed by atoms with van der Waals surface area (Å²) in [5, 5.41) is 4.05. The van der Waals surface area contributed by atoms with Crippen molar-refractivity contribution in [1.29, 1.82) is 0 Å². The average Bonchev–Trinajstić information content (AvgIpc) is 3.40. The summed E-state index contributed by atoms with van der Waals surface area (Å²) in [6.45, 7) is 4.70. The number of benzene rings is 1. The van der Waals surface area contributed by atoms with Gasteiger partial charge in [-0.3, -0.25) is 9.69 Å². The third kappa shape index (κ3) is 3.51. The lowest BCUT2D eigenvalue weighted by atomic mass is 10.2. The van der Waals surface area contributed by atoms with Crippen LogP contribution >= 0.6 is 0 Å². The van der Waals surface area contributed by atoms with Gasteiger partial charge in [-0.25, -0.2) is 0 Å². The zero-order chi connectivity index (χ0) is 17.2. The second-order valence-electron chi connectivity index (χ2n) is 6.49. The minimum absolute atomic E-state index is 0.0588. The van der Waals surface area contributed by atoms with Crippen LogP contribution in [0.1, 0.15) is 37.4 Å². The van der Waals surface area contributed by atoms with Crippen LogP contribution in [0.5, 0.6) is 5.75 Å². The number of fused-ring (bicyclic) bond motifs is 1. The van der Waals surface area contributed by atoms with Crippen molar-refractivity contribution in [3.05, 3.63) is 36.0 Å². The molecule has 1 aromatic heterocycles. The van der Waals surface area contributed by atoms with E-state index in [1.807, 2.05) is 36.1 Å². The molecule has 7 heteroatoms. The van der Waals surface area contributed by atoms with E-state index in [0.717, 1.165) is 36.7 Å². The van der Waals surface area contributed by atoms with Gasteiger partial charge in [-0.1, -0.05) is 24.2 Å². The summed E-state index contributed by atoms with van der Waals surface area (Å²) < 4.78 is 10.9. The number of nitrogens with zero attached hydrogens (tertiary/aromatic N) is 4. The molecule has 2 aromatic rings. The van der Waals surface area contributed by atoms with Crippen LogP contribution in [-0.4, -0.2) is 47.2 Å². The van der Waals surface area contributed by atoms with Crippen molar-refractivity contribution in [2.24, 2.45) is 0 Å². The van der Waals surface area contributed by atoms with E-state index >= 15 is 0 Å². The molecule has 0 radical (unpaired) electrons. The van der Waals surface area contributed by atoms with Gasteiger partial charge in [0.2, 0.25) is 11.8 Å². The van der Waals surface area contributed by atoms with E-state index in [1.165, 1.54) is 0 Å². The van der Waals surface area contributed by atoms with E-state index in [1.54, 1.807) is 4.90 Å². The number of aromatic nitrogens is 2. The van der Waals surface area contributed by atoms with Crippen LogP contribution in [0.15, 0.2) is 28.8 Å². The van der Waals surface area contributed by atoms with Crippen LogP contribution in [-0.2, 0) is 11.3 Å². The van der Waals surface area contributed by atoms with E-state index in [2.05, 4.69) is 10.1 Å². The molecule has 132 valence electrons. The van der Waals surface area contributed by atoms with Gasteiger partial charge in [-0.2, -0.15) is 4.98 Å². The first-order valence-corrected chi connectivity index (χ1v) is 8.81. The largest absolute Gasteiger partial charge is 0.490 e. The lowest BCUT2D eigenvalue weighted by molar-refractivity contribution is -0.120. The fourth-order valence-electron chi connectivity index (χ4n) is 3.01. The highest BCUT2D eigenvalue weighted by molar-refractivity contribution is 5.96. The Kier molecular flexibility index (Phi) is 4.40. The van der Waals surface area contributed by atoms with Gasteiger partial charge in [-0.15, -0.1) is 0 Å². The third-order valence-electron chi connectivity index (χ3n) is 4.61. The Morgan fingerprint density at radius 3 is 3.00 bits per heavy atom. The number of para-hydroxylation sites is 2. The molecule has 1 fully saturated rings. The highest BCUT2D eigenvalue weighted by atomic mass is 16.5. The normalized spacial score (nSPS) is 16.6. The van der Waals surface area contributed by atoms with Crippen molar-refractivity contribution in [2.75, 3.05) is 31.1 Å². The summed E-state index contributed by atoms with van der Waals surface area (Å²) >= 11 is 0. The molecule has 0 atom stereocenters. The Bertz CT molecular complexity index is 756. The summed E-state index contributed by atoms with van der Waals surface area (Å²) in [6.07, 6.45) is 2.27. The Morgan fingerprint density at radius 1 is 1.36 bits per heavy atom.